The van der Waals surface area contributed by atoms with Crippen LogP contribution in [-0.4, -0.2) is 16.6 Å². The van der Waals surface area contributed by atoms with Crippen molar-refractivity contribution in [1.29, 1.82) is 0 Å². The molecule has 1 aromatic heterocycles. The molecule has 2 aliphatic rings. The van der Waals surface area contributed by atoms with Crippen molar-refractivity contribution in [3.8, 4) is 0 Å². The summed E-state index contributed by atoms with van der Waals surface area (Å²) < 4.78 is 7.90. The van der Waals surface area contributed by atoms with Crippen LogP contribution in [0.4, 0.5) is 0 Å². The van der Waals surface area contributed by atoms with Crippen molar-refractivity contribution in [2.45, 2.75) is 58.1 Å². The summed E-state index contributed by atoms with van der Waals surface area (Å²) >= 11 is 0. The van der Waals surface area contributed by atoms with E-state index in [2.05, 4.69) is 23.6 Å². The van der Waals surface area contributed by atoms with Gasteiger partial charge in [0.05, 0.1) is 5.92 Å². The maximum atomic E-state index is 11.7. The number of fused-ring (bicyclic) bond motifs is 3. The van der Waals surface area contributed by atoms with Gasteiger partial charge < -0.3 is 9.30 Å². The van der Waals surface area contributed by atoms with Gasteiger partial charge in [0.15, 0.2) is 0 Å². The average molecular weight is 247 g/mol. The number of esters is 1. The second-order valence-electron chi connectivity index (χ2n) is 5.58. The smallest absolute Gasteiger partial charge is 0.309 e. The van der Waals surface area contributed by atoms with Gasteiger partial charge in [-0.25, -0.2) is 0 Å². The molecule has 18 heavy (non-hydrogen) atoms. The maximum Gasteiger partial charge on any atom is 0.309 e. The lowest BCUT2D eigenvalue weighted by Crippen LogP contribution is -2.28. The standard InChI is InChI=1S/C15H21NO2/c1-3-4-5-11-6-7-12-14-10(2)15(17)18-13(14)8-9-16(11)12/h6-7,10,13-14H,3-5,8-9H2,1-2H3/t10-,13-,14+/m0/s1. The summed E-state index contributed by atoms with van der Waals surface area (Å²) in [4.78, 5) is 11.7. The highest BCUT2D eigenvalue weighted by molar-refractivity contribution is 5.76. The number of ether oxygens (including phenoxy) is 1. The molecular weight excluding hydrogens is 226 g/mol. The van der Waals surface area contributed by atoms with Crippen LogP contribution in [0.25, 0.3) is 0 Å². The normalized spacial score (nSPS) is 29.9. The molecule has 1 saturated heterocycles. The highest BCUT2D eigenvalue weighted by Crippen LogP contribution is 2.42. The molecule has 3 heteroatoms. The average Bonchev–Trinajstić information content (AvgIpc) is 2.89. The molecule has 2 aliphatic heterocycles. The van der Waals surface area contributed by atoms with Crippen LogP contribution in [0.5, 0.6) is 0 Å². The Morgan fingerprint density at radius 1 is 1.44 bits per heavy atom. The summed E-state index contributed by atoms with van der Waals surface area (Å²) in [6, 6.07) is 4.45. The molecule has 0 aromatic carbocycles. The molecule has 0 spiro atoms. The highest BCUT2D eigenvalue weighted by atomic mass is 16.6. The number of unbranched alkanes of at least 4 members (excludes halogenated alkanes) is 1. The molecule has 0 bridgehead atoms. The lowest BCUT2D eigenvalue weighted by molar-refractivity contribution is -0.144. The van der Waals surface area contributed by atoms with Crippen LogP contribution in [-0.2, 0) is 22.5 Å². The predicted molar refractivity (Wildman–Crippen MR) is 69.4 cm³/mol. The largest absolute Gasteiger partial charge is 0.461 e. The summed E-state index contributed by atoms with van der Waals surface area (Å²) in [6.07, 6.45) is 4.71. The van der Waals surface area contributed by atoms with E-state index in [0.29, 0.717) is 0 Å². The van der Waals surface area contributed by atoms with Gasteiger partial charge in [-0.2, -0.15) is 0 Å². The molecule has 0 N–H and O–H groups in total. The zero-order valence-corrected chi connectivity index (χ0v) is 11.2. The molecule has 0 saturated carbocycles. The van der Waals surface area contributed by atoms with Crippen molar-refractivity contribution in [1.82, 2.24) is 4.57 Å². The highest BCUT2D eigenvalue weighted by Gasteiger charge is 2.45. The Hall–Kier alpha value is -1.25. The molecule has 0 aliphatic carbocycles. The van der Waals surface area contributed by atoms with Crippen LogP contribution < -0.4 is 0 Å². The van der Waals surface area contributed by atoms with E-state index >= 15 is 0 Å². The summed E-state index contributed by atoms with van der Waals surface area (Å²) in [7, 11) is 0. The van der Waals surface area contributed by atoms with Gasteiger partial charge in [0.1, 0.15) is 6.10 Å². The van der Waals surface area contributed by atoms with E-state index < -0.39 is 0 Å². The summed E-state index contributed by atoms with van der Waals surface area (Å²) in [5, 5.41) is 0. The van der Waals surface area contributed by atoms with Gasteiger partial charge in [0, 0.05) is 30.3 Å². The fraction of sp³-hybridized carbons (Fsp3) is 0.667. The van der Waals surface area contributed by atoms with E-state index in [1.165, 1.54) is 24.2 Å². The Morgan fingerprint density at radius 2 is 2.28 bits per heavy atom. The van der Waals surface area contributed by atoms with E-state index in [0.717, 1.165) is 19.4 Å². The zero-order valence-electron chi connectivity index (χ0n) is 11.2. The molecule has 3 nitrogen and oxygen atoms in total. The second kappa shape index (κ2) is 4.45. The Morgan fingerprint density at radius 3 is 3.06 bits per heavy atom. The molecule has 0 radical (unpaired) electrons. The van der Waals surface area contributed by atoms with Gasteiger partial charge >= 0.3 is 5.97 Å². The van der Waals surface area contributed by atoms with Gasteiger partial charge in [-0.1, -0.05) is 20.3 Å². The van der Waals surface area contributed by atoms with E-state index in [1.54, 1.807) is 0 Å². The molecule has 0 amide bonds. The third-order valence-corrected chi connectivity index (χ3v) is 4.45. The molecule has 3 rings (SSSR count). The number of carbonyl (C=O) groups excluding carboxylic acids is 1. The van der Waals surface area contributed by atoms with Crippen molar-refractivity contribution in [3.05, 3.63) is 23.5 Å². The van der Waals surface area contributed by atoms with Gasteiger partial charge in [0.25, 0.3) is 0 Å². The monoisotopic (exact) mass is 247 g/mol. The minimum absolute atomic E-state index is 0.0166. The lowest BCUT2D eigenvalue weighted by atomic mass is 9.85. The fourth-order valence-corrected chi connectivity index (χ4v) is 3.41. The number of nitrogens with zero attached hydrogens (tertiary/aromatic N) is 1. The van der Waals surface area contributed by atoms with Gasteiger partial charge in [-0.3, -0.25) is 4.79 Å². The summed E-state index contributed by atoms with van der Waals surface area (Å²) in [5.41, 5.74) is 2.74. The van der Waals surface area contributed by atoms with E-state index in [1.807, 2.05) is 6.92 Å². The minimum Gasteiger partial charge on any atom is -0.461 e. The van der Waals surface area contributed by atoms with E-state index in [9.17, 15) is 4.79 Å². The Labute approximate surface area is 108 Å². The van der Waals surface area contributed by atoms with E-state index in [4.69, 9.17) is 4.74 Å². The van der Waals surface area contributed by atoms with Crippen LogP contribution in [0.1, 0.15) is 50.4 Å². The molecule has 1 aromatic rings. The van der Waals surface area contributed by atoms with Crippen molar-refractivity contribution in [2.24, 2.45) is 5.92 Å². The molecule has 98 valence electrons. The first-order valence-corrected chi connectivity index (χ1v) is 7.11. The second-order valence-corrected chi connectivity index (χ2v) is 5.58. The Bertz CT molecular complexity index is 463. The summed E-state index contributed by atoms with van der Waals surface area (Å²) in [6.45, 7) is 5.23. The third-order valence-electron chi connectivity index (χ3n) is 4.45. The SMILES string of the molecule is CCCCc1ccc2n1CC[C@@H]1OC(=O)[C@@H](C)[C@H]21. The first kappa shape index (κ1) is 11.8. The van der Waals surface area contributed by atoms with Crippen LogP contribution in [0.3, 0.4) is 0 Å². The van der Waals surface area contributed by atoms with Crippen molar-refractivity contribution in [3.63, 3.8) is 0 Å². The molecule has 3 atom stereocenters. The zero-order chi connectivity index (χ0) is 12.7. The number of hydrogen-bond acceptors (Lipinski definition) is 2. The number of hydrogen-bond donors (Lipinski definition) is 0. The number of aryl methyl sites for hydroxylation is 1. The van der Waals surface area contributed by atoms with Gasteiger partial charge in [0.2, 0.25) is 0 Å². The Balaban J connectivity index is 1.91. The number of aromatic nitrogens is 1. The molecular formula is C15H21NO2. The molecule has 1 fully saturated rings. The fourth-order valence-electron chi connectivity index (χ4n) is 3.41. The number of rotatable bonds is 3. The van der Waals surface area contributed by atoms with E-state index in [-0.39, 0.29) is 23.9 Å². The first-order valence-electron chi connectivity index (χ1n) is 7.11. The molecule has 0 unspecified atom stereocenters. The van der Waals surface area contributed by atoms with Crippen molar-refractivity contribution >= 4 is 5.97 Å². The van der Waals surface area contributed by atoms with Crippen LogP contribution in [0.2, 0.25) is 0 Å². The number of carbonyl (C=O) groups is 1. The lowest BCUT2D eigenvalue weighted by Gasteiger charge is -2.28. The van der Waals surface area contributed by atoms with Crippen LogP contribution in [0.15, 0.2) is 12.1 Å². The van der Waals surface area contributed by atoms with Gasteiger partial charge in [-0.15, -0.1) is 0 Å². The van der Waals surface area contributed by atoms with Crippen LogP contribution in [0, 0.1) is 5.92 Å². The maximum absolute atomic E-state index is 11.7. The topological polar surface area (TPSA) is 31.2 Å². The third kappa shape index (κ3) is 1.68. The van der Waals surface area contributed by atoms with Gasteiger partial charge in [-0.05, 0) is 25.0 Å². The minimum atomic E-state index is -0.0187. The summed E-state index contributed by atoms with van der Waals surface area (Å²) in [5.74, 6) is 0.277. The predicted octanol–water partition coefficient (Wildman–Crippen LogP) is 2.88. The molecule has 3 heterocycles. The van der Waals surface area contributed by atoms with Crippen LogP contribution >= 0.6 is 0 Å². The first-order chi connectivity index (χ1) is 8.72. The van der Waals surface area contributed by atoms with Crippen molar-refractivity contribution < 1.29 is 9.53 Å². The quantitative estimate of drug-likeness (QED) is 0.769. The Kier molecular flexibility index (Phi) is 2.92. The van der Waals surface area contributed by atoms with Crippen molar-refractivity contribution in [2.75, 3.05) is 0 Å².